The second-order valence-corrected chi connectivity index (χ2v) is 19.3. The molecule has 76 heavy (non-hydrogen) atoms. The van der Waals surface area contributed by atoms with E-state index in [0.29, 0.717) is 93.9 Å². The molecule has 0 aromatic heterocycles. The fourth-order valence-corrected chi connectivity index (χ4v) is 9.01. The van der Waals surface area contributed by atoms with Crippen LogP contribution in [0, 0.1) is 0 Å². The van der Waals surface area contributed by atoms with E-state index < -0.39 is 23.9 Å². The summed E-state index contributed by atoms with van der Waals surface area (Å²) in [5.41, 5.74) is 3.30. The molecule has 0 atom stereocenters. The Hall–Kier alpha value is -6.20. The van der Waals surface area contributed by atoms with E-state index in [2.05, 4.69) is 27.7 Å². The van der Waals surface area contributed by atoms with Crippen LogP contribution >= 0.6 is 0 Å². The highest BCUT2D eigenvalue weighted by molar-refractivity contribution is 5.90. The van der Waals surface area contributed by atoms with Crippen molar-refractivity contribution in [1.82, 2.24) is 0 Å². The van der Waals surface area contributed by atoms with Crippen LogP contribution in [0.5, 0.6) is 23.0 Å². The van der Waals surface area contributed by atoms with Gasteiger partial charge in [-0.2, -0.15) is 0 Å². The van der Waals surface area contributed by atoms with Crippen LogP contribution in [0.1, 0.15) is 216 Å². The van der Waals surface area contributed by atoms with Crippen LogP contribution in [0.4, 0.5) is 0 Å². The van der Waals surface area contributed by atoms with E-state index in [-0.39, 0.29) is 75.1 Å². The Morgan fingerprint density at radius 3 is 0.632 bits per heavy atom. The molecule has 8 bridgehead atoms. The first-order valence-electron chi connectivity index (χ1n) is 27.3. The molecule has 1 heterocycles. The molecular formula is C60H80O16. The van der Waals surface area contributed by atoms with Gasteiger partial charge in [0.05, 0.1) is 102 Å². The minimum absolute atomic E-state index is 0.0332. The van der Waals surface area contributed by atoms with Crippen molar-refractivity contribution in [2.24, 2.45) is 0 Å². The third kappa shape index (κ3) is 19.1. The Balaban J connectivity index is 1.67. The van der Waals surface area contributed by atoms with Crippen LogP contribution < -0.4 is 18.9 Å². The zero-order valence-electron chi connectivity index (χ0n) is 45.1. The lowest BCUT2D eigenvalue weighted by molar-refractivity contribution is 0.0683. The fraction of sp³-hybridized carbons (Fsp3) is 0.533. The van der Waals surface area contributed by atoms with Gasteiger partial charge in [0.2, 0.25) is 0 Å². The largest absolute Gasteiger partial charge is 0.493 e. The third-order valence-corrected chi connectivity index (χ3v) is 13.0. The first-order valence-corrected chi connectivity index (χ1v) is 27.3. The topological polar surface area (TPSA) is 223 Å². The van der Waals surface area contributed by atoms with E-state index >= 15 is 0 Å². The van der Waals surface area contributed by atoms with Gasteiger partial charge in [-0.25, -0.2) is 19.2 Å². The summed E-state index contributed by atoms with van der Waals surface area (Å²) in [6, 6.07) is 12.0. The molecule has 4 N–H and O–H groups in total. The molecule has 0 aliphatic carbocycles. The summed E-state index contributed by atoms with van der Waals surface area (Å²) >= 11 is 0. The van der Waals surface area contributed by atoms with Gasteiger partial charge in [0.1, 0.15) is 23.0 Å². The maximum atomic E-state index is 12.7. The molecule has 4 aromatic rings. The van der Waals surface area contributed by atoms with Gasteiger partial charge in [-0.1, -0.05) is 105 Å². The van der Waals surface area contributed by atoms with Crippen LogP contribution in [0.2, 0.25) is 0 Å². The van der Waals surface area contributed by atoms with Crippen molar-refractivity contribution >= 4 is 23.9 Å². The van der Waals surface area contributed by atoms with Crippen molar-refractivity contribution in [2.75, 3.05) is 26.4 Å². The highest BCUT2D eigenvalue weighted by atomic mass is 16.5. The molecule has 0 radical (unpaired) electrons. The van der Waals surface area contributed by atoms with Gasteiger partial charge in [0.15, 0.2) is 0 Å². The van der Waals surface area contributed by atoms with Gasteiger partial charge >= 0.3 is 23.9 Å². The number of carboxylic acids is 4. The molecule has 1 aliphatic rings. The molecular weight excluding hydrogens is 977 g/mol. The Morgan fingerprint density at radius 2 is 0.487 bits per heavy atom. The molecule has 416 valence electrons. The lowest BCUT2D eigenvalue weighted by atomic mass is 10.0. The van der Waals surface area contributed by atoms with E-state index in [4.69, 9.17) is 37.9 Å². The first-order chi connectivity index (χ1) is 36.9. The number of rotatable bonds is 28. The maximum Gasteiger partial charge on any atom is 0.335 e. The summed E-state index contributed by atoms with van der Waals surface area (Å²) in [5, 5.41) is 41.5. The van der Waals surface area contributed by atoms with Gasteiger partial charge in [-0.05, 0) is 74.2 Å². The number of carbonyl (C=O) groups is 4. The second kappa shape index (κ2) is 33.1. The van der Waals surface area contributed by atoms with Crippen molar-refractivity contribution in [3.05, 3.63) is 115 Å². The van der Waals surface area contributed by atoms with Gasteiger partial charge < -0.3 is 58.3 Å². The van der Waals surface area contributed by atoms with Gasteiger partial charge in [-0.15, -0.1) is 0 Å². The second-order valence-electron chi connectivity index (χ2n) is 19.3. The first kappa shape index (κ1) is 60.7. The average Bonchev–Trinajstić information content (AvgIpc) is 3.39. The van der Waals surface area contributed by atoms with Crippen molar-refractivity contribution < 1.29 is 77.5 Å². The predicted molar refractivity (Wildman–Crippen MR) is 286 cm³/mol. The van der Waals surface area contributed by atoms with Gasteiger partial charge in [0, 0.05) is 44.5 Å². The molecule has 0 saturated heterocycles. The van der Waals surface area contributed by atoms with E-state index in [9.17, 15) is 39.6 Å². The van der Waals surface area contributed by atoms with Crippen LogP contribution in [0.3, 0.4) is 0 Å². The quantitative estimate of drug-likeness (QED) is 0.0388. The monoisotopic (exact) mass is 1060 g/mol. The summed E-state index contributed by atoms with van der Waals surface area (Å²) < 4.78 is 51.4. The minimum atomic E-state index is -1.18. The van der Waals surface area contributed by atoms with Crippen LogP contribution in [0.25, 0.3) is 0 Å². The van der Waals surface area contributed by atoms with E-state index in [1.807, 2.05) is 0 Å². The molecule has 0 fully saturated rings. The SMILES string of the molecule is CCCCCCOc1c2cc(C(=O)O)cc1COCc1cc(C(=O)O)cc(c1OCCCCCC)COCc1cc(C(=O)O)cc(c1OCCCCCC)COCc1cc(C(=O)O)cc(c1OCCCCCC)COC2. The normalized spacial score (nSPS) is 13.3. The highest BCUT2D eigenvalue weighted by Gasteiger charge is 2.23. The van der Waals surface area contributed by atoms with Crippen molar-refractivity contribution in [1.29, 1.82) is 0 Å². The van der Waals surface area contributed by atoms with E-state index in [0.717, 1.165) is 103 Å². The zero-order chi connectivity index (χ0) is 54.7. The van der Waals surface area contributed by atoms with Crippen LogP contribution in [-0.2, 0) is 71.8 Å². The van der Waals surface area contributed by atoms with E-state index in [1.165, 1.54) is 48.5 Å². The Labute approximate surface area is 447 Å². The molecule has 5 rings (SSSR count). The van der Waals surface area contributed by atoms with Gasteiger partial charge in [0.25, 0.3) is 0 Å². The zero-order valence-corrected chi connectivity index (χ0v) is 45.1. The van der Waals surface area contributed by atoms with Crippen molar-refractivity contribution in [3.8, 4) is 23.0 Å². The number of benzene rings is 4. The summed E-state index contributed by atoms with van der Waals surface area (Å²) in [4.78, 5) is 50.9. The summed E-state index contributed by atoms with van der Waals surface area (Å²) in [6.45, 7) is 8.68. The predicted octanol–water partition coefficient (Wildman–Crippen LogP) is 13.5. The number of hydrogen-bond donors (Lipinski definition) is 4. The standard InChI is InChI=1S/C60H80O16/c1-5-9-13-17-21-73-53-45-25-41(57(61)62)26-46(53)34-70-36-48-28-43(59(65)66)30-50(55(48)75-23-19-15-11-7-3)38-72-40-52-32-44(60(67)68)31-51(56(52)76-24-20-16-12-8-4)39-71-37-49-29-42(58(63)64)27-47(35-69-33-45)54(49)74-22-18-14-10-6-2/h25-32H,5-24,33-40H2,1-4H3,(H,61,62)(H,63,64)(H,65,66)(H,67,68). The molecule has 1 aliphatic heterocycles. The molecule has 0 spiro atoms. The summed E-state index contributed by atoms with van der Waals surface area (Å²) in [6.07, 6.45) is 14.8. The smallest absolute Gasteiger partial charge is 0.335 e. The molecule has 0 saturated carbocycles. The lowest BCUT2D eigenvalue weighted by Crippen LogP contribution is -2.12. The number of hydrogen-bond acceptors (Lipinski definition) is 12. The molecule has 0 amide bonds. The number of fused-ring (bicyclic) bond motifs is 8. The number of unbranched alkanes of at least 4 members (excludes halogenated alkanes) is 12. The van der Waals surface area contributed by atoms with Crippen molar-refractivity contribution in [3.63, 3.8) is 0 Å². The number of aromatic carboxylic acids is 4. The molecule has 16 nitrogen and oxygen atoms in total. The highest BCUT2D eigenvalue weighted by Crippen LogP contribution is 2.36. The number of carboxylic acid groups (broad SMARTS) is 4. The Morgan fingerprint density at radius 1 is 0.316 bits per heavy atom. The average molecular weight is 1060 g/mol. The summed E-state index contributed by atoms with van der Waals surface area (Å²) in [7, 11) is 0. The molecule has 4 aromatic carbocycles. The Kier molecular flexibility index (Phi) is 26.4. The van der Waals surface area contributed by atoms with Gasteiger partial charge in [-0.3, -0.25) is 0 Å². The molecule has 0 unspecified atom stereocenters. The fourth-order valence-electron chi connectivity index (χ4n) is 9.01. The molecule has 16 heteroatoms. The Bertz CT molecular complexity index is 2060. The number of ether oxygens (including phenoxy) is 8. The van der Waals surface area contributed by atoms with Crippen molar-refractivity contribution in [2.45, 2.75) is 183 Å². The minimum Gasteiger partial charge on any atom is -0.493 e. The van der Waals surface area contributed by atoms with E-state index in [1.54, 1.807) is 0 Å². The maximum absolute atomic E-state index is 12.7. The van der Waals surface area contributed by atoms with Crippen LogP contribution in [0.15, 0.2) is 48.5 Å². The van der Waals surface area contributed by atoms with Crippen LogP contribution in [-0.4, -0.2) is 70.7 Å². The summed E-state index contributed by atoms with van der Waals surface area (Å²) in [5.74, 6) is -3.20. The lowest BCUT2D eigenvalue weighted by Gasteiger charge is -2.21. The third-order valence-electron chi connectivity index (χ3n) is 13.0.